The van der Waals surface area contributed by atoms with Crippen LogP contribution in [0.5, 0.6) is 0 Å². The van der Waals surface area contributed by atoms with Gasteiger partial charge in [-0.2, -0.15) is 5.10 Å². The highest BCUT2D eigenvalue weighted by atomic mass is 16.5. The number of aryl methyl sites for hydroxylation is 2. The van der Waals surface area contributed by atoms with Crippen molar-refractivity contribution in [3.05, 3.63) is 52.8 Å². The van der Waals surface area contributed by atoms with Crippen molar-refractivity contribution in [2.24, 2.45) is 12.9 Å². The summed E-state index contributed by atoms with van der Waals surface area (Å²) in [6.45, 7) is 1.44. The fourth-order valence-electron chi connectivity index (χ4n) is 2.69. The molecule has 1 aromatic carbocycles. The number of rotatable bonds is 5. The Morgan fingerprint density at radius 2 is 2.20 bits per heavy atom. The highest BCUT2D eigenvalue weighted by molar-refractivity contribution is 5.34. The molecule has 1 unspecified atom stereocenters. The molecule has 2 heterocycles. The summed E-state index contributed by atoms with van der Waals surface area (Å²) >= 11 is 0. The molecule has 5 nitrogen and oxygen atoms in total. The largest absolute Gasteiger partial charge is 0.372 e. The Balaban J connectivity index is 1.71. The van der Waals surface area contributed by atoms with Crippen molar-refractivity contribution in [3.8, 4) is 0 Å². The zero-order chi connectivity index (χ0) is 13.9. The van der Waals surface area contributed by atoms with Gasteiger partial charge in [0.05, 0.1) is 13.2 Å². The molecule has 3 N–H and O–H groups in total. The van der Waals surface area contributed by atoms with Gasteiger partial charge in [0.2, 0.25) is 0 Å². The number of nitrogens with zero attached hydrogens (tertiary/aromatic N) is 2. The highest BCUT2D eigenvalue weighted by Crippen LogP contribution is 2.25. The summed E-state index contributed by atoms with van der Waals surface area (Å²) in [5.41, 5.74) is 7.93. The Morgan fingerprint density at radius 1 is 1.35 bits per heavy atom. The molecule has 2 aromatic rings. The van der Waals surface area contributed by atoms with Gasteiger partial charge in [-0.3, -0.25) is 16.0 Å². The third-order valence-corrected chi connectivity index (χ3v) is 3.96. The summed E-state index contributed by atoms with van der Waals surface area (Å²) in [7, 11) is 1.97. The summed E-state index contributed by atoms with van der Waals surface area (Å²) in [5, 5.41) is 4.19. The minimum atomic E-state index is 0.149. The molecule has 1 aromatic heterocycles. The minimum Gasteiger partial charge on any atom is -0.372 e. The van der Waals surface area contributed by atoms with Crippen molar-refractivity contribution in [2.45, 2.75) is 32.1 Å². The van der Waals surface area contributed by atoms with E-state index >= 15 is 0 Å². The molecule has 20 heavy (non-hydrogen) atoms. The quantitative estimate of drug-likeness (QED) is 0.641. The average molecular weight is 272 g/mol. The maximum Gasteiger partial charge on any atom is 0.0725 e. The van der Waals surface area contributed by atoms with E-state index in [0.717, 1.165) is 19.4 Å². The van der Waals surface area contributed by atoms with Crippen LogP contribution in [-0.2, 0) is 31.4 Å². The fourth-order valence-corrected chi connectivity index (χ4v) is 2.69. The molecule has 1 aliphatic rings. The lowest BCUT2D eigenvalue weighted by atomic mass is 9.98. The first-order valence-electron chi connectivity index (χ1n) is 6.90. The zero-order valence-electron chi connectivity index (χ0n) is 11.7. The second kappa shape index (κ2) is 5.75. The van der Waals surface area contributed by atoms with Gasteiger partial charge in [-0.25, -0.2) is 0 Å². The number of nitrogens with one attached hydrogen (secondary N) is 1. The van der Waals surface area contributed by atoms with Crippen LogP contribution < -0.4 is 11.3 Å². The van der Waals surface area contributed by atoms with Crippen LogP contribution in [0.25, 0.3) is 0 Å². The van der Waals surface area contributed by atoms with Crippen LogP contribution in [0.3, 0.4) is 0 Å². The lowest BCUT2D eigenvalue weighted by molar-refractivity contribution is 0.134. The molecule has 0 bridgehead atoms. The average Bonchev–Trinajstić information content (AvgIpc) is 3.08. The monoisotopic (exact) mass is 272 g/mol. The van der Waals surface area contributed by atoms with E-state index in [1.807, 2.05) is 24.0 Å². The molecule has 3 rings (SSSR count). The van der Waals surface area contributed by atoms with Crippen molar-refractivity contribution < 1.29 is 4.74 Å². The maximum atomic E-state index is 5.72. The number of hydrogen-bond donors (Lipinski definition) is 2. The molecule has 1 atom stereocenters. The first kappa shape index (κ1) is 13.3. The smallest absolute Gasteiger partial charge is 0.0725 e. The van der Waals surface area contributed by atoms with E-state index in [1.165, 1.54) is 22.4 Å². The predicted molar refractivity (Wildman–Crippen MR) is 76.5 cm³/mol. The van der Waals surface area contributed by atoms with Crippen LogP contribution in [0.15, 0.2) is 30.5 Å². The van der Waals surface area contributed by atoms with Crippen LogP contribution in [0.1, 0.15) is 34.8 Å². The van der Waals surface area contributed by atoms with E-state index in [2.05, 4.69) is 28.7 Å². The SMILES string of the molecule is Cn1nccc1CCC(NN)c1ccc2c(c1)COC2. The van der Waals surface area contributed by atoms with Gasteiger partial charge in [0, 0.05) is 25.0 Å². The first-order chi connectivity index (χ1) is 9.78. The summed E-state index contributed by atoms with van der Waals surface area (Å²) in [4.78, 5) is 0. The lowest BCUT2D eigenvalue weighted by Crippen LogP contribution is -2.28. The third-order valence-electron chi connectivity index (χ3n) is 3.96. The Bertz CT molecular complexity index is 593. The highest BCUT2D eigenvalue weighted by Gasteiger charge is 2.16. The summed E-state index contributed by atoms with van der Waals surface area (Å²) in [6, 6.07) is 8.68. The molecular formula is C15H20N4O. The molecule has 0 fully saturated rings. The Labute approximate surface area is 118 Å². The first-order valence-corrected chi connectivity index (χ1v) is 6.90. The number of aromatic nitrogens is 2. The van der Waals surface area contributed by atoms with Crippen LogP contribution in [0, 0.1) is 0 Å². The molecule has 0 radical (unpaired) electrons. The molecule has 0 amide bonds. The van der Waals surface area contributed by atoms with Crippen LogP contribution >= 0.6 is 0 Å². The van der Waals surface area contributed by atoms with E-state index in [0.29, 0.717) is 6.61 Å². The fraction of sp³-hybridized carbons (Fsp3) is 0.400. The molecule has 5 heteroatoms. The minimum absolute atomic E-state index is 0.149. The van der Waals surface area contributed by atoms with Gasteiger partial charge in [-0.15, -0.1) is 0 Å². The van der Waals surface area contributed by atoms with Gasteiger partial charge in [0.25, 0.3) is 0 Å². The second-order valence-corrected chi connectivity index (χ2v) is 5.23. The van der Waals surface area contributed by atoms with E-state index in [-0.39, 0.29) is 6.04 Å². The van der Waals surface area contributed by atoms with Crippen molar-refractivity contribution in [2.75, 3.05) is 0 Å². The van der Waals surface area contributed by atoms with E-state index in [9.17, 15) is 0 Å². The van der Waals surface area contributed by atoms with Crippen molar-refractivity contribution in [1.82, 2.24) is 15.2 Å². The van der Waals surface area contributed by atoms with Gasteiger partial charge >= 0.3 is 0 Å². The van der Waals surface area contributed by atoms with Gasteiger partial charge in [0.1, 0.15) is 0 Å². The maximum absolute atomic E-state index is 5.72. The number of benzene rings is 1. The van der Waals surface area contributed by atoms with Crippen LogP contribution in [0.4, 0.5) is 0 Å². The molecule has 0 spiro atoms. The number of hydrogen-bond acceptors (Lipinski definition) is 4. The van der Waals surface area contributed by atoms with Gasteiger partial charge < -0.3 is 4.74 Å². The second-order valence-electron chi connectivity index (χ2n) is 5.23. The lowest BCUT2D eigenvalue weighted by Gasteiger charge is -2.17. The number of hydrazine groups is 1. The summed E-state index contributed by atoms with van der Waals surface area (Å²) in [5.74, 6) is 5.72. The van der Waals surface area contributed by atoms with Crippen LogP contribution in [-0.4, -0.2) is 9.78 Å². The van der Waals surface area contributed by atoms with Crippen molar-refractivity contribution in [1.29, 1.82) is 0 Å². The number of fused-ring (bicyclic) bond motifs is 1. The van der Waals surface area contributed by atoms with Crippen LogP contribution in [0.2, 0.25) is 0 Å². The topological polar surface area (TPSA) is 65.1 Å². The normalized spacial score (nSPS) is 15.3. The molecular weight excluding hydrogens is 252 g/mol. The van der Waals surface area contributed by atoms with Gasteiger partial charge in [-0.05, 0) is 35.6 Å². The summed E-state index contributed by atoms with van der Waals surface area (Å²) in [6.07, 6.45) is 3.71. The molecule has 0 saturated heterocycles. The molecule has 1 aliphatic heterocycles. The van der Waals surface area contributed by atoms with Crippen molar-refractivity contribution in [3.63, 3.8) is 0 Å². The number of nitrogens with two attached hydrogens (primary N) is 1. The molecule has 0 saturated carbocycles. The third kappa shape index (κ3) is 2.60. The van der Waals surface area contributed by atoms with Crippen molar-refractivity contribution >= 4 is 0 Å². The zero-order valence-corrected chi connectivity index (χ0v) is 11.7. The van der Waals surface area contributed by atoms with E-state index in [1.54, 1.807) is 0 Å². The van der Waals surface area contributed by atoms with Gasteiger partial charge in [-0.1, -0.05) is 18.2 Å². The predicted octanol–water partition coefficient (Wildman–Crippen LogP) is 1.59. The summed E-state index contributed by atoms with van der Waals surface area (Å²) < 4.78 is 7.36. The number of ether oxygens (including phenoxy) is 1. The molecule has 106 valence electrons. The standard InChI is InChI=1S/C15H20N4O/c1-19-14(6-7-17-19)4-5-15(18-16)11-2-3-12-9-20-10-13(12)8-11/h2-3,6-8,15,18H,4-5,9-10,16H2,1H3. The Hall–Kier alpha value is -1.69. The van der Waals surface area contributed by atoms with E-state index < -0.39 is 0 Å². The van der Waals surface area contributed by atoms with E-state index in [4.69, 9.17) is 10.6 Å². The van der Waals surface area contributed by atoms with Gasteiger partial charge in [0.15, 0.2) is 0 Å². The molecule has 0 aliphatic carbocycles. The Kier molecular flexibility index (Phi) is 3.82. The Morgan fingerprint density at radius 3 is 2.95 bits per heavy atom.